The summed E-state index contributed by atoms with van der Waals surface area (Å²) in [7, 11) is 0. The van der Waals surface area contributed by atoms with Crippen LogP contribution in [0.25, 0.3) is 0 Å². The van der Waals surface area contributed by atoms with Gasteiger partial charge < -0.3 is 10.4 Å². The Hall–Kier alpha value is -2.13. The molecule has 0 unspecified atom stereocenters. The minimum Gasteiger partial charge on any atom is -0.394 e. The van der Waals surface area contributed by atoms with Gasteiger partial charge in [0.05, 0.1) is 12.6 Å². The number of nitrogens with one attached hydrogen (secondary N) is 1. The second-order valence-electron chi connectivity index (χ2n) is 4.94. The lowest BCUT2D eigenvalue weighted by molar-refractivity contribution is 0.0915. The van der Waals surface area contributed by atoms with Crippen LogP contribution in [0.3, 0.4) is 0 Å². The van der Waals surface area contributed by atoms with Crippen LogP contribution in [0.4, 0.5) is 0 Å². The maximum absolute atomic E-state index is 12.3. The first kappa shape index (κ1) is 14.3. The van der Waals surface area contributed by atoms with Crippen molar-refractivity contribution in [1.82, 2.24) is 5.32 Å². The zero-order valence-electron chi connectivity index (χ0n) is 11.8. The number of amides is 1. The monoisotopic (exact) mass is 269 g/mol. The van der Waals surface area contributed by atoms with Gasteiger partial charge in [-0.25, -0.2) is 0 Å². The van der Waals surface area contributed by atoms with Crippen LogP contribution in [-0.2, 0) is 0 Å². The van der Waals surface area contributed by atoms with Crippen LogP contribution < -0.4 is 5.32 Å². The highest BCUT2D eigenvalue weighted by molar-refractivity contribution is 5.95. The number of hydrogen-bond acceptors (Lipinski definition) is 2. The van der Waals surface area contributed by atoms with Crippen molar-refractivity contribution in [1.29, 1.82) is 0 Å². The normalized spacial score (nSPS) is 11.9. The number of hydrogen-bond donors (Lipinski definition) is 2. The molecule has 0 bridgehead atoms. The molecule has 3 nitrogen and oxygen atoms in total. The summed E-state index contributed by atoms with van der Waals surface area (Å²) in [4.78, 5) is 12.3. The first-order chi connectivity index (χ1) is 9.61. The molecule has 2 aromatic rings. The number of aliphatic hydroxyl groups excluding tert-OH is 1. The van der Waals surface area contributed by atoms with Crippen molar-refractivity contribution in [3.05, 3.63) is 70.8 Å². The summed E-state index contributed by atoms with van der Waals surface area (Å²) < 4.78 is 0. The average Bonchev–Trinajstić information content (AvgIpc) is 2.45. The van der Waals surface area contributed by atoms with Gasteiger partial charge in [-0.05, 0) is 31.0 Å². The van der Waals surface area contributed by atoms with E-state index in [1.165, 1.54) is 0 Å². The van der Waals surface area contributed by atoms with Crippen molar-refractivity contribution in [2.45, 2.75) is 19.9 Å². The molecule has 0 saturated carbocycles. The SMILES string of the molecule is Cc1ccc(C(=O)N[C@H](CO)c2ccccc2)c(C)c1. The third-order valence-corrected chi connectivity index (χ3v) is 3.32. The molecule has 0 radical (unpaired) electrons. The first-order valence-electron chi connectivity index (χ1n) is 6.65. The van der Waals surface area contributed by atoms with Gasteiger partial charge in [-0.2, -0.15) is 0 Å². The molecule has 0 aliphatic rings. The summed E-state index contributed by atoms with van der Waals surface area (Å²) in [5.41, 5.74) is 3.60. The predicted octanol–water partition coefficient (Wildman–Crippen LogP) is 2.77. The van der Waals surface area contributed by atoms with Crippen molar-refractivity contribution in [3.63, 3.8) is 0 Å². The van der Waals surface area contributed by atoms with Crippen molar-refractivity contribution in [3.8, 4) is 0 Å². The fourth-order valence-corrected chi connectivity index (χ4v) is 2.22. The molecule has 3 heteroatoms. The third-order valence-electron chi connectivity index (χ3n) is 3.32. The molecule has 1 atom stereocenters. The Bertz CT molecular complexity index is 593. The lowest BCUT2D eigenvalue weighted by atomic mass is 10.0. The van der Waals surface area contributed by atoms with Crippen LogP contribution in [0.5, 0.6) is 0 Å². The molecule has 2 aromatic carbocycles. The summed E-state index contributed by atoms with van der Waals surface area (Å²) in [5, 5.41) is 12.3. The van der Waals surface area contributed by atoms with E-state index in [-0.39, 0.29) is 18.6 Å². The third kappa shape index (κ3) is 3.25. The fourth-order valence-electron chi connectivity index (χ4n) is 2.22. The van der Waals surface area contributed by atoms with Crippen LogP contribution in [0.1, 0.15) is 33.1 Å². The molecule has 0 aliphatic heterocycles. The van der Waals surface area contributed by atoms with E-state index in [0.717, 1.165) is 16.7 Å². The van der Waals surface area contributed by atoms with E-state index in [4.69, 9.17) is 0 Å². The van der Waals surface area contributed by atoms with Crippen molar-refractivity contribution >= 4 is 5.91 Å². The highest BCUT2D eigenvalue weighted by Gasteiger charge is 2.15. The van der Waals surface area contributed by atoms with Gasteiger partial charge in [-0.1, -0.05) is 48.0 Å². The number of rotatable bonds is 4. The Morgan fingerprint density at radius 2 is 1.85 bits per heavy atom. The zero-order chi connectivity index (χ0) is 14.5. The van der Waals surface area contributed by atoms with E-state index in [1.807, 2.05) is 62.4 Å². The van der Waals surface area contributed by atoms with Crippen LogP contribution >= 0.6 is 0 Å². The molecule has 20 heavy (non-hydrogen) atoms. The number of carbonyl (C=O) groups excluding carboxylic acids is 1. The smallest absolute Gasteiger partial charge is 0.252 e. The van der Waals surface area contributed by atoms with Gasteiger partial charge in [0.25, 0.3) is 5.91 Å². The zero-order valence-corrected chi connectivity index (χ0v) is 11.8. The topological polar surface area (TPSA) is 49.3 Å². The number of aliphatic hydroxyl groups is 1. The Morgan fingerprint density at radius 1 is 1.15 bits per heavy atom. The molecule has 0 heterocycles. The Morgan fingerprint density at radius 3 is 2.45 bits per heavy atom. The second kappa shape index (κ2) is 6.35. The summed E-state index contributed by atoms with van der Waals surface area (Å²) in [6.45, 7) is 3.79. The maximum atomic E-state index is 12.3. The Labute approximate surface area is 119 Å². The van der Waals surface area contributed by atoms with Gasteiger partial charge in [0.1, 0.15) is 0 Å². The van der Waals surface area contributed by atoms with Gasteiger partial charge in [-0.15, -0.1) is 0 Å². The molecular weight excluding hydrogens is 250 g/mol. The van der Waals surface area contributed by atoms with Crippen molar-refractivity contribution in [2.75, 3.05) is 6.61 Å². The van der Waals surface area contributed by atoms with Crippen LogP contribution in [0.2, 0.25) is 0 Å². The molecule has 1 amide bonds. The fraction of sp³-hybridized carbons (Fsp3) is 0.235. The molecule has 0 saturated heterocycles. The van der Waals surface area contributed by atoms with E-state index < -0.39 is 0 Å². The molecule has 2 rings (SSSR count). The van der Waals surface area contributed by atoms with Crippen molar-refractivity contribution in [2.24, 2.45) is 0 Å². The van der Waals surface area contributed by atoms with E-state index in [9.17, 15) is 9.90 Å². The molecule has 0 aromatic heterocycles. The summed E-state index contributed by atoms with van der Waals surface area (Å²) in [6, 6.07) is 14.8. The lowest BCUT2D eigenvalue weighted by Crippen LogP contribution is -2.31. The van der Waals surface area contributed by atoms with Gasteiger partial charge >= 0.3 is 0 Å². The van der Waals surface area contributed by atoms with Gasteiger partial charge in [0.15, 0.2) is 0 Å². The molecule has 0 fully saturated rings. The molecule has 104 valence electrons. The van der Waals surface area contributed by atoms with Gasteiger partial charge in [0, 0.05) is 5.56 Å². The average molecular weight is 269 g/mol. The first-order valence-corrected chi connectivity index (χ1v) is 6.65. The summed E-state index contributed by atoms with van der Waals surface area (Å²) in [6.07, 6.45) is 0. The second-order valence-corrected chi connectivity index (χ2v) is 4.94. The standard InChI is InChI=1S/C17H19NO2/c1-12-8-9-15(13(2)10-12)17(20)18-16(11-19)14-6-4-3-5-7-14/h3-10,16,19H,11H2,1-2H3,(H,18,20)/t16-/m1/s1. The largest absolute Gasteiger partial charge is 0.394 e. The van der Waals surface area contributed by atoms with Gasteiger partial charge in [0.2, 0.25) is 0 Å². The van der Waals surface area contributed by atoms with Crippen LogP contribution in [-0.4, -0.2) is 17.6 Å². The quantitative estimate of drug-likeness (QED) is 0.896. The molecular formula is C17H19NO2. The van der Waals surface area contributed by atoms with Crippen LogP contribution in [0, 0.1) is 13.8 Å². The van der Waals surface area contributed by atoms with E-state index in [0.29, 0.717) is 5.56 Å². The van der Waals surface area contributed by atoms with Gasteiger partial charge in [-0.3, -0.25) is 4.79 Å². The minimum absolute atomic E-state index is 0.124. The highest BCUT2D eigenvalue weighted by Crippen LogP contribution is 2.15. The summed E-state index contributed by atoms with van der Waals surface area (Å²) in [5.74, 6) is -0.162. The van der Waals surface area contributed by atoms with Crippen LogP contribution in [0.15, 0.2) is 48.5 Å². The van der Waals surface area contributed by atoms with E-state index in [1.54, 1.807) is 0 Å². The lowest BCUT2D eigenvalue weighted by Gasteiger charge is -2.17. The summed E-state index contributed by atoms with van der Waals surface area (Å²) >= 11 is 0. The molecule has 2 N–H and O–H groups in total. The number of benzene rings is 2. The maximum Gasteiger partial charge on any atom is 0.252 e. The minimum atomic E-state index is -0.385. The number of aryl methyl sites for hydroxylation is 2. The Balaban J connectivity index is 2.17. The molecule has 0 spiro atoms. The Kier molecular flexibility index (Phi) is 4.53. The highest BCUT2D eigenvalue weighted by atomic mass is 16.3. The molecule has 0 aliphatic carbocycles. The van der Waals surface area contributed by atoms with E-state index >= 15 is 0 Å². The van der Waals surface area contributed by atoms with Crippen molar-refractivity contribution < 1.29 is 9.90 Å². The van der Waals surface area contributed by atoms with E-state index in [2.05, 4.69) is 5.32 Å². The number of carbonyl (C=O) groups is 1. The predicted molar refractivity (Wildman–Crippen MR) is 79.7 cm³/mol.